The molecule has 140 valence electrons. The smallest absolute Gasteiger partial charge is 0.272 e. The number of benzene rings is 1. The molecule has 3 aromatic rings. The number of amides is 1. The van der Waals surface area contributed by atoms with Gasteiger partial charge < -0.3 is 14.4 Å². The minimum atomic E-state index is -0.0607. The first-order valence-electron chi connectivity index (χ1n) is 8.52. The van der Waals surface area contributed by atoms with Gasteiger partial charge in [0.25, 0.3) is 5.91 Å². The second kappa shape index (κ2) is 6.75. The van der Waals surface area contributed by atoms with Crippen LogP contribution < -0.4 is 9.47 Å². The maximum Gasteiger partial charge on any atom is 0.272 e. The van der Waals surface area contributed by atoms with Gasteiger partial charge in [0.05, 0.1) is 32.2 Å². The minimum Gasteiger partial charge on any atom is -0.497 e. The molecule has 4 rings (SSSR count). The zero-order valence-electron chi connectivity index (χ0n) is 15.4. The Morgan fingerprint density at radius 1 is 1.19 bits per heavy atom. The molecule has 0 atom stereocenters. The number of ether oxygens (including phenoxy) is 2. The van der Waals surface area contributed by atoms with Crippen molar-refractivity contribution in [1.29, 1.82) is 0 Å². The summed E-state index contributed by atoms with van der Waals surface area (Å²) in [4.78, 5) is 14.6. The molecule has 1 aliphatic rings. The lowest BCUT2D eigenvalue weighted by molar-refractivity contribution is 0.0487. The SMILES string of the molecule is COc1ccc(OC)c(-c2cc(C(=O)N3CC(n4ccnn4)C3)n(C)n2)c1. The normalized spacial score (nSPS) is 14.1. The number of rotatable bonds is 5. The molecule has 3 heterocycles. The molecule has 0 radical (unpaired) electrons. The van der Waals surface area contributed by atoms with Crippen LogP contribution in [0.15, 0.2) is 36.7 Å². The molecular weight excluding hydrogens is 348 g/mol. The first kappa shape index (κ1) is 17.1. The third-order valence-corrected chi connectivity index (χ3v) is 4.75. The van der Waals surface area contributed by atoms with E-state index in [9.17, 15) is 4.79 Å². The first-order valence-corrected chi connectivity index (χ1v) is 8.52. The highest BCUT2D eigenvalue weighted by molar-refractivity contribution is 5.94. The summed E-state index contributed by atoms with van der Waals surface area (Å²) in [5.41, 5.74) is 1.95. The van der Waals surface area contributed by atoms with Crippen LogP contribution in [0.4, 0.5) is 0 Å². The van der Waals surface area contributed by atoms with E-state index in [4.69, 9.17) is 9.47 Å². The molecule has 1 amide bonds. The average molecular weight is 368 g/mol. The zero-order valence-corrected chi connectivity index (χ0v) is 15.4. The van der Waals surface area contributed by atoms with Crippen molar-refractivity contribution < 1.29 is 14.3 Å². The largest absolute Gasteiger partial charge is 0.497 e. The van der Waals surface area contributed by atoms with Gasteiger partial charge in [0, 0.05) is 31.9 Å². The van der Waals surface area contributed by atoms with Crippen LogP contribution in [-0.2, 0) is 7.05 Å². The summed E-state index contributed by atoms with van der Waals surface area (Å²) in [5, 5.41) is 12.3. The van der Waals surface area contributed by atoms with E-state index in [2.05, 4.69) is 15.4 Å². The number of carbonyl (C=O) groups excluding carboxylic acids is 1. The van der Waals surface area contributed by atoms with E-state index in [1.54, 1.807) is 47.8 Å². The van der Waals surface area contributed by atoms with Crippen LogP contribution >= 0.6 is 0 Å². The maximum absolute atomic E-state index is 12.8. The number of aryl methyl sites for hydroxylation is 1. The van der Waals surface area contributed by atoms with Crippen LogP contribution in [0.25, 0.3) is 11.3 Å². The van der Waals surface area contributed by atoms with Crippen LogP contribution in [-0.4, -0.2) is 62.9 Å². The van der Waals surface area contributed by atoms with E-state index in [1.807, 2.05) is 24.4 Å². The molecular formula is C18H20N6O3. The van der Waals surface area contributed by atoms with Gasteiger partial charge in [-0.05, 0) is 24.3 Å². The van der Waals surface area contributed by atoms with Crippen molar-refractivity contribution in [2.45, 2.75) is 6.04 Å². The molecule has 1 aliphatic heterocycles. The van der Waals surface area contributed by atoms with E-state index >= 15 is 0 Å². The summed E-state index contributed by atoms with van der Waals surface area (Å²) in [7, 11) is 4.97. The number of methoxy groups -OCH3 is 2. The molecule has 0 N–H and O–H groups in total. The van der Waals surface area contributed by atoms with Gasteiger partial charge in [-0.25, -0.2) is 4.68 Å². The molecule has 0 spiro atoms. The lowest BCUT2D eigenvalue weighted by Crippen LogP contribution is -2.51. The molecule has 9 nitrogen and oxygen atoms in total. The van der Waals surface area contributed by atoms with Gasteiger partial charge in [0.15, 0.2) is 0 Å². The molecule has 1 aromatic carbocycles. The molecule has 2 aromatic heterocycles. The highest BCUT2D eigenvalue weighted by atomic mass is 16.5. The summed E-state index contributed by atoms with van der Waals surface area (Å²) < 4.78 is 14.1. The lowest BCUT2D eigenvalue weighted by atomic mass is 10.1. The number of nitrogens with zero attached hydrogens (tertiary/aromatic N) is 6. The van der Waals surface area contributed by atoms with Crippen molar-refractivity contribution in [1.82, 2.24) is 29.7 Å². The van der Waals surface area contributed by atoms with Crippen molar-refractivity contribution in [2.75, 3.05) is 27.3 Å². The van der Waals surface area contributed by atoms with Gasteiger partial charge in [-0.2, -0.15) is 5.10 Å². The predicted octanol–water partition coefficient (Wildman–Crippen LogP) is 1.39. The monoisotopic (exact) mass is 368 g/mol. The fourth-order valence-corrected chi connectivity index (χ4v) is 3.18. The highest BCUT2D eigenvalue weighted by Gasteiger charge is 2.34. The van der Waals surface area contributed by atoms with E-state index in [-0.39, 0.29) is 11.9 Å². The first-order chi connectivity index (χ1) is 13.1. The van der Waals surface area contributed by atoms with Crippen molar-refractivity contribution in [3.05, 3.63) is 42.4 Å². The summed E-state index contributed by atoms with van der Waals surface area (Å²) in [6.45, 7) is 1.20. The summed E-state index contributed by atoms with van der Waals surface area (Å²) in [6, 6.07) is 7.44. The highest BCUT2D eigenvalue weighted by Crippen LogP contribution is 2.33. The van der Waals surface area contributed by atoms with Crippen LogP contribution in [0.2, 0.25) is 0 Å². The molecule has 0 aliphatic carbocycles. The molecule has 0 bridgehead atoms. The fraction of sp³-hybridized carbons (Fsp3) is 0.333. The van der Waals surface area contributed by atoms with E-state index in [0.29, 0.717) is 36.0 Å². The molecule has 9 heteroatoms. The Morgan fingerprint density at radius 3 is 2.67 bits per heavy atom. The Labute approximate surface area is 156 Å². The second-order valence-corrected chi connectivity index (χ2v) is 6.35. The summed E-state index contributed by atoms with van der Waals surface area (Å²) in [5.74, 6) is 1.31. The van der Waals surface area contributed by atoms with E-state index in [1.165, 1.54) is 0 Å². The number of hydrogen-bond acceptors (Lipinski definition) is 6. The lowest BCUT2D eigenvalue weighted by Gasteiger charge is -2.38. The predicted molar refractivity (Wildman–Crippen MR) is 96.7 cm³/mol. The zero-order chi connectivity index (χ0) is 19.0. The second-order valence-electron chi connectivity index (χ2n) is 6.35. The van der Waals surface area contributed by atoms with E-state index < -0.39 is 0 Å². The average Bonchev–Trinajstić information content (AvgIpc) is 3.29. The van der Waals surface area contributed by atoms with Crippen LogP contribution in [0.1, 0.15) is 16.5 Å². The number of aromatic nitrogens is 5. The quantitative estimate of drug-likeness (QED) is 0.676. The molecule has 27 heavy (non-hydrogen) atoms. The van der Waals surface area contributed by atoms with Gasteiger partial charge in [0.2, 0.25) is 0 Å². The number of hydrogen-bond donors (Lipinski definition) is 0. The Kier molecular flexibility index (Phi) is 4.27. The fourth-order valence-electron chi connectivity index (χ4n) is 3.18. The van der Waals surface area contributed by atoms with Crippen LogP contribution in [0.3, 0.4) is 0 Å². The van der Waals surface area contributed by atoms with Gasteiger partial charge in [0.1, 0.15) is 17.2 Å². The topological polar surface area (TPSA) is 87.3 Å². The van der Waals surface area contributed by atoms with Crippen molar-refractivity contribution >= 4 is 5.91 Å². The third kappa shape index (κ3) is 3.01. The Bertz CT molecular complexity index is 960. The van der Waals surface area contributed by atoms with Crippen LogP contribution in [0.5, 0.6) is 11.5 Å². The Morgan fingerprint density at radius 2 is 2.00 bits per heavy atom. The van der Waals surface area contributed by atoms with Crippen molar-refractivity contribution in [2.24, 2.45) is 7.05 Å². The summed E-state index contributed by atoms with van der Waals surface area (Å²) in [6.07, 6.45) is 3.45. The summed E-state index contributed by atoms with van der Waals surface area (Å²) >= 11 is 0. The third-order valence-electron chi connectivity index (χ3n) is 4.75. The number of carbonyl (C=O) groups is 1. The van der Waals surface area contributed by atoms with Crippen molar-refractivity contribution in [3.63, 3.8) is 0 Å². The minimum absolute atomic E-state index is 0.0607. The Hall–Kier alpha value is -3.36. The molecule has 1 saturated heterocycles. The van der Waals surface area contributed by atoms with Gasteiger partial charge in [-0.3, -0.25) is 9.48 Å². The van der Waals surface area contributed by atoms with Gasteiger partial charge >= 0.3 is 0 Å². The molecule has 0 saturated carbocycles. The standard InChI is InChI=1S/C18H20N6O3/c1-22-16(18(25)23-10-12(11-23)24-7-6-19-21-24)9-15(20-22)14-8-13(26-2)4-5-17(14)27-3/h4-9,12H,10-11H2,1-3H3. The number of likely N-dealkylation sites (tertiary alicyclic amines) is 1. The van der Waals surface area contributed by atoms with E-state index in [0.717, 1.165) is 5.56 Å². The molecule has 0 unspecified atom stereocenters. The van der Waals surface area contributed by atoms with Gasteiger partial charge in [-0.15, -0.1) is 5.10 Å². The van der Waals surface area contributed by atoms with Gasteiger partial charge in [-0.1, -0.05) is 5.21 Å². The molecule has 1 fully saturated rings. The Balaban J connectivity index is 1.56. The van der Waals surface area contributed by atoms with Crippen LogP contribution in [0, 0.1) is 0 Å². The van der Waals surface area contributed by atoms with Crippen molar-refractivity contribution in [3.8, 4) is 22.8 Å². The maximum atomic E-state index is 12.8.